The highest BCUT2D eigenvalue weighted by atomic mass is 16.5. The van der Waals surface area contributed by atoms with Gasteiger partial charge in [-0.25, -0.2) is 0 Å². The van der Waals surface area contributed by atoms with Gasteiger partial charge in [-0.05, 0) is 47.6 Å². The highest BCUT2D eigenvalue weighted by Gasteiger charge is 2.44. The Kier molecular flexibility index (Phi) is 4.95. The molecule has 1 N–H and O–H groups in total. The van der Waals surface area contributed by atoms with E-state index in [1.165, 1.54) is 0 Å². The molecule has 4 heteroatoms. The van der Waals surface area contributed by atoms with Gasteiger partial charge in [0.15, 0.2) is 0 Å². The molecular weight excluding hydrogens is 216 g/mol. The van der Waals surface area contributed by atoms with E-state index in [1.54, 1.807) is 0 Å². The molecule has 0 amide bonds. The number of nitrogens with one attached hydrogen (secondary N) is 1. The Balaban J connectivity index is 2.83. The lowest BCUT2D eigenvalue weighted by atomic mass is 9.83. The van der Waals surface area contributed by atoms with Crippen LogP contribution in [0, 0.1) is 0 Å². The van der Waals surface area contributed by atoms with Gasteiger partial charge in [0.05, 0.1) is 6.61 Å². The van der Waals surface area contributed by atoms with E-state index >= 15 is 0 Å². The fourth-order valence-corrected chi connectivity index (χ4v) is 2.55. The van der Waals surface area contributed by atoms with Crippen LogP contribution in [-0.4, -0.2) is 48.7 Å². The first-order chi connectivity index (χ1) is 7.91. The molecule has 0 aromatic heterocycles. The lowest BCUT2D eigenvalue weighted by molar-refractivity contribution is -0.154. The first-order valence-corrected chi connectivity index (χ1v) is 6.56. The van der Waals surface area contributed by atoms with Crippen molar-refractivity contribution in [3.05, 3.63) is 0 Å². The first-order valence-electron chi connectivity index (χ1n) is 6.56. The molecule has 17 heavy (non-hydrogen) atoms. The van der Waals surface area contributed by atoms with Crippen LogP contribution in [0.1, 0.15) is 40.5 Å². The molecule has 1 saturated heterocycles. The number of carbonyl (C=O) groups is 1. The van der Waals surface area contributed by atoms with Gasteiger partial charge < -0.3 is 9.64 Å². The van der Waals surface area contributed by atoms with Gasteiger partial charge in [0, 0.05) is 18.6 Å². The van der Waals surface area contributed by atoms with Gasteiger partial charge in [-0.15, -0.1) is 0 Å². The minimum Gasteiger partial charge on any atom is -0.465 e. The van der Waals surface area contributed by atoms with Crippen LogP contribution in [-0.2, 0) is 9.53 Å². The van der Waals surface area contributed by atoms with Crippen molar-refractivity contribution in [2.75, 3.05) is 20.2 Å². The third-order valence-corrected chi connectivity index (χ3v) is 3.52. The Morgan fingerprint density at radius 2 is 2.24 bits per heavy atom. The number of hydrogen-bond donors (Lipinski definition) is 1. The molecule has 0 aliphatic carbocycles. The summed E-state index contributed by atoms with van der Waals surface area (Å²) in [6.45, 7) is 9.55. The van der Waals surface area contributed by atoms with Gasteiger partial charge in [0.1, 0.15) is 5.54 Å². The summed E-state index contributed by atoms with van der Waals surface area (Å²) in [6.07, 6.45) is 1.64. The second kappa shape index (κ2) is 5.83. The average Bonchev–Trinajstić information content (AvgIpc) is 2.23. The van der Waals surface area contributed by atoms with Gasteiger partial charge in [0.2, 0.25) is 0 Å². The van der Waals surface area contributed by atoms with Crippen molar-refractivity contribution in [3.63, 3.8) is 0 Å². The number of nitrogens with zero attached hydrogens (tertiary/aromatic N) is 1. The van der Waals surface area contributed by atoms with Gasteiger partial charge in [-0.2, -0.15) is 0 Å². The molecule has 0 spiro atoms. The van der Waals surface area contributed by atoms with Crippen LogP contribution < -0.4 is 5.32 Å². The highest BCUT2D eigenvalue weighted by Crippen LogP contribution is 2.28. The average molecular weight is 242 g/mol. The van der Waals surface area contributed by atoms with Crippen LogP contribution >= 0.6 is 0 Å². The molecule has 1 aliphatic rings. The van der Waals surface area contributed by atoms with Crippen LogP contribution in [0.3, 0.4) is 0 Å². The summed E-state index contributed by atoms with van der Waals surface area (Å²) in [7, 11) is 2.11. The fourth-order valence-electron chi connectivity index (χ4n) is 2.55. The van der Waals surface area contributed by atoms with E-state index in [0.29, 0.717) is 12.6 Å². The Labute approximate surface area is 105 Å². The van der Waals surface area contributed by atoms with Crippen molar-refractivity contribution in [2.45, 2.75) is 58.2 Å². The van der Waals surface area contributed by atoms with Crippen molar-refractivity contribution >= 4 is 5.97 Å². The predicted octanol–water partition coefficient (Wildman–Crippen LogP) is 1.40. The van der Waals surface area contributed by atoms with E-state index in [1.807, 2.05) is 6.92 Å². The minimum absolute atomic E-state index is 0.0892. The first kappa shape index (κ1) is 14.5. The summed E-state index contributed by atoms with van der Waals surface area (Å²) in [5.74, 6) is -0.0892. The third-order valence-electron chi connectivity index (χ3n) is 3.52. The number of carbonyl (C=O) groups excluding carboxylic acids is 1. The van der Waals surface area contributed by atoms with E-state index in [9.17, 15) is 4.79 Å². The maximum absolute atomic E-state index is 12.2. The topological polar surface area (TPSA) is 41.6 Å². The molecule has 2 unspecified atom stereocenters. The number of hydrogen-bond acceptors (Lipinski definition) is 4. The Morgan fingerprint density at radius 3 is 2.71 bits per heavy atom. The van der Waals surface area contributed by atoms with Crippen LogP contribution in [0.15, 0.2) is 0 Å². The zero-order valence-electron chi connectivity index (χ0n) is 11.7. The maximum Gasteiger partial charge on any atom is 0.326 e. The van der Waals surface area contributed by atoms with Crippen LogP contribution in [0.4, 0.5) is 0 Å². The zero-order valence-corrected chi connectivity index (χ0v) is 11.7. The molecule has 2 atom stereocenters. The molecule has 1 fully saturated rings. The van der Waals surface area contributed by atoms with E-state index in [0.717, 1.165) is 19.4 Å². The van der Waals surface area contributed by atoms with Crippen LogP contribution in [0.5, 0.6) is 0 Å². The van der Waals surface area contributed by atoms with Gasteiger partial charge in [0.25, 0.3) is 0 Å². The molecular formula is C13H26N2O2. The molecule has 0 bridgehead atoms. The van der Waals surface area contributed by atoms with Gasteiger partial charge >= 0.3 is 5.97 Å². The van der Waals surface area contributed by atoms with Crippen molar-refractivity contribution in [3.8, 4) is 0 Å². The summed E-state index contributed by atoms with van der Waals surface area (Å²) in [5.41, 5.74) is -0.490. The Morgan fingerprint density at radius 1 is 1.59 bits per heavy atom. The molecule has 0 saturated carbocycles. The van der Waals surface area contributed by atoms with Gasteiger partial charge in [-0.1, -0.05) is 0 Å². The SMILES string of the molecule is CCOC(=O)C1(NC(C)C)CCN(C)C(C)C1. The lowest BCUT2D eigenvalue weighted by Gasteiger charge is -2.44. The van der Waals surface area contributed by atoms with Crippen molar-refractivity contribution in [1.29, 1.82) is 0 Å². The number of esters is 1. The summed E-state index contributed by atoms with van der Waals surface area (Å²) in [5, 5.41) is 3.43. The third kappa shape index (κ3) is 3.42. The largest absolute Gasteiger partial charge is 0.465 e. The van der Waals surface area contributed by atoms with E-state index in [4.69, 9.17) is 4.74 Å². The van der Waals surface area contributed by atoms with Crippen LogP contribution in [0.2, 0.25) is 0 Å². The summed E-state index contributed by atoms with van der Waals surface area (Å²) in [6, 6.07) is 0.689. The molecule has 100 valence electrons. The van der Waals surface area contributed by atoms with E-state index in [-0.39, 0.29) is 12.0 Å². The predicted molar refractivity (Wildman–Crippen MR) is 69.0 cm³/mol. The molecule has 1 aliphatic heterocycles. The molecule has 1 heterocycles. The maximum atomic E-state index is 12.2. The number of piperidine rings is 1. The number of rotatable bonds is 4. The second-order valence-electron chi connectivity index (χ2n) is 5.39. The van der Waals surface area contributed by atoms with E-state index < -0.39 is 5.54 Å². The zero-order chi connectivity index (χ0) is 13.1. The van der Waals surface area contributed by atoms with Crippen molar-refractivity contribution in [2.24, 2.45) is 0 Å². The van der Waals surface area contributed by atoms with Crippen molar-refractivity contribution in [1.82, 2.24) is 10.2 Å². The molecule has 0 radical (unpaired) electrons. The molecule has 0 aromatic rings. The monoisotopic (exact) mass is 242 g/mol. The Hall–Kier alpha value is -0.610. The Bertz CT molecular complexity index is 268. The van der Waals surface area contributed by atoms with E-state index in [2.05, 4.69) is 38.0 Å². The number of ether oxygens (including phenoxy) is 1. The quantitative estimate of drug-likeness (QED) is 0.757. The minimum atomic E-state index is -0.490. The number of likely N-dealkylation sites (tertiary alicyclic amines) is 1. The van der Waals surface area contributed by atoms with Crippen molar-refractivity contribution < 1.29 is 9.53 Å². The van der Waals surface area contributed by atoms with Crippen LogP contribution in [0.25, 0.3) is 0 Å². The second-order valence-corrected chi connectivity index (χ2v) is 5.39. The molecule has 0 aromatic carbocycles. The van der Waals surface area contributed by atoms with Gasteiger partial charge in [-0.3, -0.25) is 10.1 Å². The highest BCUT2D eigenvalue weighted by molar-refractivity contribution is 5.81. The summed E-state index contributed by atoms with van der Waals surface area (Å²) >= 11 is 0. The normalized spacial score (nSPS) is 30.6. The summed E-state index contributed by atoms with van der Waals surface area (Å²) < 4.78 is 5.25. The smallest absolute Gasteiger partial charge is 0.326 e. The lowest BCUT2D eigenvalue weighted by Crippen LogP contribution is -2.62. The standard InChI is InChI=1S/C13H26N2O2/c1-6-17-12(16)13(14-10(2)3)7-8-15(5)11(4)9-13/h10-11,14H,6-9H2,1-5H3. The molecule has 1 rings (SSSR count). The fraction of sp³-hybridized carbons (Fsp3) is 0.923. The summed E-state index contributed by atoms with van der Waals surface area (Å²) in [4.78, 5) is 14.5. The molecule has 4 nitrogen and oxygen atoms in total.